The lowest BCUT2D eigenvalue weighted by molar-refractivity contribution is -0.138. The molecule has 29 heavy (non-hydrogen) atoms. The third-order valence-corrected chi connectivity index (χ3v) is 6.01. The van der Waals surface area contributed by atoms with E-state index in [4.69, 9.17) is 0 Å². The second-order valence-corrected chi connectivity index (χ2v) is 7.95. The number of nitrogens with zero attached hydrogens (tertiary/aromatic N) is 4. The first-order valence-electron chi connectivity index (χ1n) is 10.3. The van der Waals surface area contributed by atoms with Gasteiger partial charge in [0.1, 0.15) is 0 Å². The van der Waals surface area contributed by atoms with Gasteiger partial charge in [-0.25, -0.2) is 0 Å². The molecule has 4 rings (SSSR count). The van der Waals surface area contributed by atoms with Crippen LogP contribution in [0.5, 0.6) is 0 Å². The SMILES string of the molecule is O=C1C=CC(=O)N1N=C1CCCCC1CC1CCCCC1=NN1C(=O)C=CC1=O. The van der Waals surface area contributed by atoms with Gasteiger partial charge in [-0.15, -0.1) is 0 Å². The van der Waals surface area contributed by atoms with Crippen LogP contribution in [-0.4, -0.2) is 45.1 Å². The smallest absolute Gasteiger partial charge is 0.267 e. The first-order valence-corrected chi connectivity index (χ1v) is 10.3. The minimum atomic E-state index is -0.398. The highest BCUT2D eigenvalue weighted by atomic mass is 16.2. The van der Waals surface area contributed by atoms with Crippen molar-refractivity contribution in [2.75, 3.05) is 0 Å². The second kappa shape index (κ2) is 8.23. The van der Waals surface area contributed by atoms with E-state index in [1.165, 1.54) is 24.3 Å². The topological polar surface area (TPSA) is 99.5 Å². The van der Waals surface area contributed by atoms with Crippen molar-refractivity contribution >= 4 is 35.1 Å². The summed E-state index contributed by atoms with van der Waals surface area (Å²) in [6, 6.07) is 0. The molecule has 0 aromatic carbocycles. The molecule has 0 N–H and O–H groups in total. The monoisotopic (exact) mass is 396 g/mol. The van der Waals surface area contributed by atoms with E-state index in [9.17, 15) is 19.2 Å². The molecule has 0 saturated heterocycles. The molecule has 2 fully saturated rings. The van der Waals surface area contributed by atoms with E-state index in [2.05, 4.69) is 10.2 Å². The van der Waals surface area contributed by atoms with Gasteiger partial charge in [-0.3, -0.25) is 19.2 Å². The summed E-state index contributed by atoms with van der Waals surface area (Å²) in [5.41, 5.74) is 1.78. The largest absolute Gasteiger partial charge is 0.274 e. The number of carbonyl (C=O) groups is 4. The highest BCUT2D eigenvalue weighted by Crippen LogP contribution is 2.34. The Hall–Kier alpha value is -2.90. The van der Waals surface area contributed by atoms with E-state index in [1.807, 2.05) is 0 Å². The minimum Gasteiger partial charge on any atom is -0.267 e. The summed E-state index contributed by atoms with van der Waals surface area (Å²) < 4.78 is 0. The van der Waals surface area contributed by atoms with Crippen molar-refractivity contribution in [3.05, 3.63) is 24.3 Å². The van der Waals surface area contributed by atoms with Crippen molar-refractivity contribution in [1.82, 2.24) is 10.0 Å². The maximum absolute atomic E-state index is 11.9. The van der Waals surface area contributed by atoms with E-state index < -0.39 is 23.6 Å². The van der Waals surface area contributed by atoms with E-state index in [0.717, 1.165) is 79.2 Å². The highest BCUT2D eigenvalue weighted by molar-refractivity contribution is 6.14. The molecule has 0 bridgehead atoms. The van der Waals surface area contributed by atoms with Gasteiger partial charge < -0.3 is 0 Å². The van der Waals surface area contributed by atoms with E-state index in [-0.39, 0.29) is 11.8 Å². The van der Waals surface area contributed by atoms with Crippen LogP contribution in [0.1, 0.15) is 57.8 Å². The molecular weight excluding hydrogens is 372 g/mol. The molecule has 0 aromatic heterocycles. The average Bonchev–Trinajstić information content (AvgIpc) is 3.21. The summed E-state index contributed by atoms with van der Waals surface area (Å²) in [6.45, 7) is 0. The molecule has 2 unspecified atom stereocenters. The van der Waals surface area contributed by atoms with Crippen LogP contribution in [0.2, 0.25) is 0 Å². The Morgan fingerprint density at radius 2 is 1.03 bits per heavy atom. The van der Waals surface area contributed by atoms with Crippen LogP contribution >= 0.6 is 0 Å². The molecule has 4 aliphatic rings. The van der Waals surface area contributed by atoms with Gasteiger partial charge in [-0.2, -0.15) is 20.2 Å². The zero-order valence-corrected chi connectivity index (χ0v) is 16.2. The molecule has 2 aliphatic heterocycles. The summed E-state index contributed by atoms with van der Waals surface area (Å²) in [6.07, 6.45) is 13.4. The fraction of sp³-hybridized carbons (Fsp3) is 0.524. The number of hydrogen-bond donors (Lipinski definition) is 0. The van der Waals surface area contributed by atoms with Gasteiger partial charge in [-0.1, -0.05) is 12.8 Å². The number of amides is 4. The third-order valence-electron chi connectivity index (χ3n) is 6.01. The van der Waals surface area contributed by atoms with Gasteiger partial charge in [0.15, 0.2) is 0 Å². The molecule has 2 saturated carbocycles. The van der Waals surface area contributed by atoms with Crippen LogP contribution < -0.4 is 0 Å². The Kier molecular flexibility index (Phi) is 5.51. The molecule has 8 heteroatoms. The predicted octanol–water partition coefficient (Wildman–Crippen LogP) is 2.32. The average molecular weight is 396 g/mol. The normalized spacial score (nSPS) is 30.5. The zero-order chi connectivity index (χ0) is 20.4. The van der Waals surface area contributed by atoms with Gasteiger partial charge in [-0.05, 0) is 56.8 Å². The molecule has 8 nitrogen and oxygen atoms in total. The zero-order valence-electron chi connectivity index (χ0n) is 16.2. The maximum atomic E-state index is 11.9. The molecule has 0 radical (unpaired) electrons. The highest BCUT2D eigenvalue weighted by Gasteiger charge is 2.32. The van der Waals surface area contributed by atoms with E-state index in [1.54, 1.807) is 0 Å². The third kappa shape index (κ3) is 4.11. The Morgan fingerprint density at radius 1 is 0.655 bits per heavy atom. The number of rotatable bonds is 4. The van der Waals surface area contributed by atoms with Crippen molar-refractivity contribution < 1.29 is 19.2 Å². The summed E-state index contributed by atoms with van der Waals surface area (Å²) in [5, 5.41) is 10.7. The maximum Gasteiger partial charge on any atom is 0.274 e. The molecule has 2 aliphatic carbocycles. The van der Waals surface area contributed by atoms with Gasteiger partial charge in [0.05, 0.1) is 0 Å². The quantitative estimate of drug-likeness (QED) is 0.681. The van der Waals surface area contributed by atoms with Crippen LogP contribution in [0, 0.1) is 11.8 Å². The van der Waals surface area contributed by atoms with Crippen molar-refractivity contribution in [3.8, 4) is 0 Å². The number of hydrazone groups is 2. The first-order chi connectivity index (χ1) is 14.0. The molecule has 152 valence electrons. The van der Waals surface area contributed by atoms with Crippen molar-refractivity contribution in [3.63, 3.8) is 0 Å². The van der Waals surface area contributed by atoms with Crippen molar-refractivity contribution in [2.24, 2.45) is 22.0 Å². The van der Waals surface area contributed by atoms with E-state index in [0.29, 0.717) is 0 Å². The van der Waals surface area contributed by atoms with Gasteiger partial charge in [0.25, 0.3) is 23.6 Å². The summed E-state index contributed by atoms with van der Waals surface area (Å²) in [7, 11) is 0. The minimum absolute atomic E-state index is 0.168. The summed E-state index contributed by atoms with van der Waals surface area (Å²) in [5.74, 6) is -1.26. The summed E-state index contributed by atoms with van der Waals surface area (Å²) >= 11 is 0. The van der Waals surface area contributed by atoms with Crippen LogP contribution in [0.3, 0.4) is 0 Å². The van der Waals surface area contributed by atoms with E-state index >= 15 is 0 Å². The van der Waals surface area contributed by atoms with Crippen LogP contribution in [0.15, 0.2) is 34.5 Å². The van der Waals surface area contributed by atoms with Crippen LogP contribution in [0.4, 0.5) is 0 Å². The second-order valence-electron chi connectivity index (χ2n) is 7.95. The molecule has 4 amide bonds. The fourth-order valence-corrected chi connectivity index (χ4v) is 4.49. The lowest BCUT2D eigenvalue weighted by atomic mass is 9.76. The fourth-order valence-electron chi connectivity index (χ4n) is 4.49. The lowest BCUT2D eigenvalue weighted by Crippen LogP contribution is -2.33. The lowest BCUT2D eigenvalue weighted by Gasteiger charge is -2.31. The number of imide groups is 2. The molecule has 0 aromatic rings. The predicted molar refractivity (Wildman–Crippen MR) is 105 cm³/mol. The molecule has 2 heterocycles. The van der Waals surface area contributed by atoms with Crippen molar-refractivity contribution in [2.45, 2.75) is 57.8 Å². The van der Waals surface area contributed by atoms with Gasteiger partial charge in [0, 0.05) is 35.7 Å². The Balaban J connectivity index is 1.52. The number of hydrogen-bond acceptors (Lipinski definition) is 6. The molecule has 2 atom stereocenters. The standard InChI is InChI=1S/C21H24N4O4/c26-18-9-10-19(27)24(18)22-16-7-3-1-5-14(16)13-15-6-2-4-8-17(15)23-25-20(28)11-12-21(25)29/h9-12,14-15H,1-8,13H2. The Labute approximate surface area is 169 Å². The van der Waals surface area contributed by atoms with Crippen molar-refractivity contribution in [1.29, 1.82) is 0 Å². The molecule has 0 spiro atoms. The Bertz CT molecular complexity index is 764. The van der Waals surface area contributed by atoms with Gasteiger partial charge >= 0.3 is 0 Å². The van der Waals surface area contributed by atoms with Crippen LogP contribution in [0.25, 0.3) is 0 Å². The summed E-state index contributed by atoms with van der Waals surface area (Å²) in [4.78, 5) is 47.5. The Morgan fingerprint density at radius 3 is 1.41 bits per heavy atom. The van der Waals surface area contributed by atoms with Gasteiger partial charge in [0.2, 0.25) is 0 Å². The van der Waals surface area contributed by atoms with Crippen LogP contribution in [-0.2, 0) is 19.2 Å². The first kappa shape index (κ1) is 19.4. The molecular formula is C21H24N4O4. The number of carbonyl (C=O) groups excluding carboxylic acids is 4.